The number of nitrogens with zero attached hydrogens (tertiary/aromatic N) is 6. The van der Waals surface area contributed by atoms with Gasteiger partial charge in [-0.05, 0) is 51.5 Å². The zero-order chi connectivity index (χ0) is 26.3. The SMILES string of the molecule is CC(C)(C)OC(=O)N1CC[C@@H](n2c(=O)n(-c3ccc(C(=O)Nc4nccs4)cc3)c3c(N)ncnc32)C1. The molecule has 0 spiro atoms. The van der Waals surface area contributed by atoms with Gasteiger partial charge in [0.2, 0.25) is 0 Å². The molecule has 1 fully saturated rings. The predicted molar refractivity (Wildman–Crippen MR) is 139 cm³/mol. The number of carbonyl (C=O) groups excluding carboxylic acids is 2. The number of hydrogen-bond acceptors (Lipinski definition) is 9. The minimum atomic E-state index is -0.618. The first-order valence-corrected chi connectivity index (χ1v) is 12.5. The zero-order valence-electron chi connectivity index (χ0n) is 20.5. The van der Waals surface area contributed by atoms with Crippen LogP contribution in [0.5, 0.6) is 0 Å². The number of rotatable bonds is 4. The Morgan fingerprint density at radius 2 is 1.92 bits per heavy atom. The van der Waals surface area contributed by atoms with Crippen molar-refractivity contribution in [3.8, 4) is 5.69 Å². The number of nitrogens with one attached hydrogen (secondary N) is 1. The molecule has 12 nitrogen and oxygen atoms in total. The van der Waals surface area contributed by atoms with E-state index in [9.17, 15) is 14.4 Å². The van der Waals surface area contributed by atoms with Gasteiger partial charge >= 0.3 is 11.8 Å². The quantitative estimate of drug-likeness (QED) is 0.415. The number of nitrogen functional groups attached to an aromatic ring is 1. The number of anilines is 2. The Hall–Kier alpha value is -4.26. The third kappa shape index (κ3) is 4.77. The van der Waals surface area contributed by atoms with Crippen LogP contribution in [0.15, 0.2) is 47.0 Å². The Morgan fingerprint density at radius 1 is 1.16 bits per heavy atom. The monoisotopic (exact) mass is 522 g/mol. The summed E-state index contributed by atoms with van der Waals surface area (Å²) in [6.07, 6.45) is 3.05. The molecule has 1 saturated heterocycles. The highest BCUT2D eigenvalue weighted by Crippen LogP contribution is 2.28. The molecule has 4 heterocycles. The first-order valence-electron chi connectivity index (χ1n) is 11.6. The Kier molecular flexibility index (Phi) is 6.15. The fraction of sp³-hybridized carbons (Fsp3) is 0.333. The summed E-state index contributed by atoms with van der Waals surface area (Å²) in [7, 11) is 0. The molecule has 1 aliphatic rings. The van der Waals surface area contributed by atoms with E-state index in [1.54, 1.807) is 45.3 Å². The van der Waals surface area contributed by atoms with Crippen LogP contribution < -0.4 is 16.7 Å². The number of aromatic nitrogens is 5. The van der Waals surface area contributed by atoms with Gasteiger partial charge in [-0.25, -0.2) is 24.5 Å². The molecule has 1 atom stereocenters. The van der Waals surface area contributed by atoms with Gasteiger partial charge in [-0.3, -0.25) is 19.2 Å². The number of thiazole rings is 1. The van der Waals surface area contributed by atoms with Gasteiger partial charge in [0, 0.05) is 30.2 Å². The second-order valence-electron chi connectivity index (χ2n) is 9.63. The summed E-state index contributed by atoms with van der Waals surface area (Å²) in [5.74, 6) is -0.166. The maximum atomic E-state index is 13.7. The molecule has 0 bridgehead atoms. The minimum Gasteiger partial charge on any atom is -0.444 e. The van der Waals surface area contributed by atoms with E-state index < -0.39 is 11.7 Å². The van der Waals surface area contributed by atoms with E-state index in [0.29, 0.717) is 47.1 Å². The second-order valence-corrected chi connectivity index (χ2v) is 10.5. The fourth-order valence-electron chi connectivity index (χ4n) is 4.30. The number of ether oxygens (including phenoxy) is 1. The first kappa shape index (κ1) is 24.4. The maximum absolute atomic E-state index is 13.7. The predicted octanol–water partition coefficient (Wildman–Crippen LogP) is 3.06. The number of imidazole rings is 1. The fourth-order valence-corrected chi connectivity index (χ4v) is 4.82. The Balaban J connectivity index is 1.48. The lowest BCUT2D eigenvalue weighted by atomic mass is 10.2. The van der Waals surface area contributed by atoms with Gasteiger partial charge in [-0.1, -0.05) is 0 Å². The van der Waals surface area contributed by atoms with Crippen LogP contribution in [-0.2, 0) is 4.74 Å². The Morgan fingerprint density at radius 3 is 2.59 bits per heavy atom. The average molecular weight is 523 g/mol. The van der Waals surface area contributed by atoms with Gasteiger partial charge in [-0.15, -0.1) is 11.3 Å². The van der Waals surface area contributed by atoms with Gasteiger partial charge in [-0.2, -0.15) is 0 Å². The van der Waals surface area contributed by atoms with Crippen molar-refractivity contribution in [2.75, 3.05) is 24.1 Å². The van der Waals surface area contributed by atoms with Crippen LogP contribution >= 0.6 is 11.3 Å². The van der Waals surface area contributed by atoms with Crippen molar-refractivity contribution in [3.63, 3.8) is 0 Å². The van der Waals surface area contributed by atoms with Crippen molar-refractivity contribution in [1.29, 1.82) is 0 Å². The van der Waals surface area contributed by atoms with Crippen LogP contribution in [0.1, 0.15) is 43.6 Å². The number of benzene rings is 1. The van der Waals surface area contributed by atoms with Crippen LogP contribution in [0.4, 0.5) is 15.7 Å². The van der Waals surface area contributed by atoms with Crippen LogP contribution in [0.25, 0.3) is 16.9 Å². The van der Waals surface area contributed by atoms with Crippen molar-refractivity contribution >= 4 is 45.5 Å². The molecule has 192 valence electrons. The normalized spacial score (nSPS) is 15.8. The van der Waals surface area contributed by atoms with E-state index in [4.69, 9.17) is 10.5 Å². The summed E-state index contributed by atoms with van der Waals surface area (Å²) < 4.78 is 8.48. The molecule has 4 aromatic rings. The lowest BCUT2D eigenvalue weighted by Crippen LogP contribution is -2.36. The van der Waals surface area contributed by atoms with Crippen molar-refractivity contribution in [3.05, 3.63) is 58.2 Å². The number of carbonyl (C=O) groups is 2. The first-order chi connectivity index (χ1) is 17.6. The second kappa shape index (κ2) is 9.32. The van der Waals surface area contributed by atoms with Gasteiger partial charge in [0.15, 0.2) is 16.6 Å². The molecule has 5 rings (SSSR count). The molecule has 3 aromatic heterocycles. The molecule has 0 unspecified atom stereocenters. The third-order valence-electron chi connectivity index (χ3n) is 5.90. The molecule has 1 aliphatic heterocycles. The van der Waals surface area contributed by atoms with E-state index in [1.165, 1.54) is 22.2 Å². The minimum absolute atomic E-state index is 0.147. The van der Waals surface area contributed by atoms with E-state index in [-0.39, 0.29) is 23.5 Å². The summed E-state index contributed by atoms with van der Waals surface area (Å²) in [4.78, 5) is 53.0. The summed E-state index contributed by atoms with van der Waals surface area (Å²) in [6, 6.07) is 6.24. The number of hydrogen-bond donors (Lipinski definition) is 2. The van der Waals surface area contributed by atoms with Crippen molar-refractivity contribution in [2.45, 2.75) is 38.8 Å². The van der Waals surface area contributed by atoms with Crippen molar-refractivity contribution in [2.24, 2.45) is 0 Å². The third-order valence-corrected chi connectivity index (χ3v) is 6.59. The van der Waals surface area contributed by atoms with Gasteiger partial charge < -0.3 is 15.4 Å². The number of fused-ring (bicyclic) bond motifs is 1. The highest BCUT2D eigenvalue weighted by Gasteiger charge is 2.34. The van der Waals surface area contributed by atoms with Gasteiger partial charge in [0.05, 0.1) is 11.7 Å². The maximum Gasteiger partial charge on any atom is 0.410 e. The van der Waals surface area contributed by atoms with Gasteiger partial charge in [0.1, 0.15) is 17.4 Å². The van der Waals surface area contributed by atoms with Crippen LogP contribution in [0.2, 0.25) is 0 Å². The van der Waals surface area contributed by atoms with E-state index in [2.05, 4.69) is 20.3 Å². The topological polar surface area (TPSA) is 150 Å². The van der Waals surface area contributed by atoms with Crippen LogP contribution in [0, 0.1) is 0 Å². The summed E-state index contributed by atoms with van der Waals surface area (Å²) in [5, 5.41) is 4.99. The van der Waals surface area contributed by atoms with E-state index >= 15 is 0 Å². The summed E-state index contributed by atoms with van der Waals surface area (Å²) in [6.45, 7) is 6.18. The molecule has 0 radical (unpaired) electrons. The summed E-state index contributed by atoms with van der Waals surface area (Å²) >= 11 is 1.32. The molecule has 37 heavy (non-hydrogen) atoms. The lowest BCUT2D eigenvalue weighted by molar-refractivity contribution is 0.0289. The van der Waals surface area contributed by atoms with Crippen molar-refractivity contribution in [1.82, 2.24) is 29.0 Å². The Bertz CT molecular complexity index is 1520. The molecule has 13 heteroatoms. The molecule has 0 aliphatic carbocycles. The molecule has 0 saturated carbocycles. The Labute approximate surface area is 215 Å². The van der Waals surface area contributed by atoms with Crippen LogP contribution in [-0.4, -0.2) is 59.7 Å². The molecular formula is C24H26N8O4S. The zero-order valence-corrected chi connectivity index (χ0v) is 21.4. The van der Waals surface area contributed by atoms with Crippen molar-refractivity contribution < 1.29 is 14.3 Å². The van der Waals surface area contributed by atoms with E-state index in [1.807, 2.05) is 20.8 Å². The highest BCUT2D eigenvalue weighted by molar-refractivity contribution is 7.13. The largest absolute Gasteiger partial charge is 0.444 e. The number of amides is 2. The highest BCUT2D eigenvalue weighted by atomic mass is 32.1. The average Bonchev–Trinajstić information content (AvgIpc) is 3.58. The number of likely N-dealkylation sites (tertiary alicyclic amines) is 1. The lowest BCUT2D eigenvalue weighted by Gasteiger charge is -2.24. The van der Waals surface area contributed by atoms with Gasteiger partial charge in [0.25, 0.3) is 5.91 Å². The standard InChI is InChI=1S/C24H26N8O4S/c1-24(2,3)36-23(35)30-10-8-16(12-30)32-19-17(18(25)27-13-28-19)31(22(32)34)15-6-4-14(5-7-15)20(33)29-21-26-9-11-37-21/h4-7,9,11,13,16H,8,10,12H2,1-3H3,(H2,25,27,28)(H,26,29,33)/t16-/m1/s1. The summed E-state index contributed by atoms with van der Waals surface area (Å²) in [5.41, 5.74) is 6.86. The smallest absolute Gasteiger partial charge is 0.410 e. The van der Waals surface area contributed by atoms with E-state index in [0.717, 1.165) is 0 Å². The molecule has 1 aromatic carbocycles. The number of nitrogens with two attached hydrogens (primary N) is 1. The van der Waals surface area contributed by atoms with Crippen LogP contribution in [0.3, 0.4) is 0 Å². The molecule has 3 N–H and O–H groups in total. The molecular weight excluding hydrogens is 496 g/mol. The molecule has 2 amide bonds.